The number of carbonyl (C=O) groups is 2. The predicted molar refractivity (Wildman–Crippen MR) is 147 cm³/mol. The van der Waals surface area contributed by atoms with Gasteiger partial charge < -0.3 is 15.2 Å². The van der Waals surface area contributed by atoms with Gasteiger partial charge in [-0.3, -0.25) is 4.79 Å². The normalized spacial score (nSPS) is 14.8. The van der Waals surface area contributed by atoms with Crippen LogP contribution >= 0.6 is 0 Å². The number of aryl methyl sites for hydroxylation is 1. The molecule has 0 radical (unpaired) electrons. The summed E-state index contributed by atoms with van der Waals surface area (Å²) < 4.78 is 37.1. The van der Waals surface area contributed by atoms with Gasteiger partial charge in [-0.1, -0.05) is 37.5 Å². The maximum atomic E-state index is 13.5. The minimum Gasteiger partial charge on any atom is -0.476 e. The summed E-state index contributed by atoms with van der Waals surface area (Å²) in [5.74, 6) is -1.43. The lowest BCUT2D eigenvalue weighted by Crippen LogP contribution is -2.32. The zero-order valence-electron chi connectivity index (χ0n) is 22.5. The Labute approximate surface area is 228 Å². The van der Waals surface area contributed by atoms with Crippen LogP contribution in [0.2, 0.25) is 0 Å². The molecule has 1 heterocycles. The number of hydrogen-bond acceptors (Lipinski definition) is 6. The molecule has 1 aliphatic rings. The van der Waals surface area contributed by atoms with E-state index in [0.29, 0.717) is 17.8 Å². The molecule has 1 saturated carbocycles. The maximum Gasteiger partial charge on any atom is 0.356 e. The third-order valence-corrected chi connectivity index (χ3v) is 8.56. The van der Waals surface area contributed by atoms with Crippen LogP contribution in [0.25, 0.3) is 5.69 Å². The summed E-state index contributed by atoms with van der Waals surface area (Å²) in [5.41, 5.74) is 1.91. The average molecular weight is 555 g/mol. The first-order valence-corrected chi connectivity index (χ1v) is 14.5. The van der Waals surface area contributed by atoms with Crippen molar-refractivity contribution in [2.24, 2.45) is 5.92 Å². The molecular weight excluding hydrogens is 520 g/mol. The number of ether oxygens (including phenoxy) is 1. The molecule has 1 aliphatic carbocycles. The summed E-state index contributed by atoms with van der Waals surface area (Å²) in [7, 11) is -4.08. The zero-order chi connectivity index (χ0) is 28.3. The van der Waals surface area contributed by atoms with Gasteiger partial charge in [0.25, 0.3) is 0 Å². The molecule has 0 aliphatic heterocycles. The van der Waals surface area contributed by atoms with Crippen LogP contribution in [0.1, 0.15) is 67.6 Å². The van der Waals surface area contributed by atoms with Crippen LogP contribution in [-0.4, -0.2) is 41.2 Å². The highest BCUT2D eigenvalue weighted by molar-refractivity contribution is 7.89. The average Bonchev–Trinajstić information content (AvgIpc) is 3.54. The molecule has 10 nitrogen and oxygen atoms in total. The molecule has 0 spiro atoms. The van der Waals surface area contributed by atoms with E-state index in [2.05, 4.69) is 15.1 Å². The molecule has 1 fully saturated rings. The molecule has 11 heteroatoms. The van der Waals surface area contributed by atoms with Crippen molar-refractivity contribution in [1.82, 2.24) is 14.5 Å². The van der Waals surface area contributed by atoms with E-state index >= 15 is 0 Å². The maximum absolute atomic E-state index is 13.5. The Morgan fingerprint density at radius 1 is 1.13 bits per heavy atom. The SMILES string of the molecule is CC[C@H](C)NS(=O)(=O)c1cc(NC(=O)C2CCCC2)ccc1Oc1c(C)c(C(=O)O)nn1-c1ccc(C)cc1. The third-order valence-electron chi connectivity index (χ3n) is 6.95. The molecule has 1 atom stereocenters. The van der Waals surface area contributed by atoms with Crippen LogP contribution in [0.15, 0.2) is 47.4 Å². The fourth-order valence-corrected chi connectivity index (χ4v) is 5.97. The van der Waals surface area contributed by atoms with Crippen LogP contribution < -0.4 is 14.8 Å². The fourth-order valence-electron chi connectivity index (χ4n) is 4.49. The minimum atomic E-state index is -4.08. The quantitative estimate of drug-likeness (QED) is 0.313. The van der Waals surface area contributed by atoms with Crippen molar-refractivity contribution in [3.63, 3.8) is 0 Å². The van der Waals surface area contributed by atoms with Gasteiger partial charge >= 0.3 is 5.97 Å². The first kappa shape index (κ1) is 28.3. The second kappa shape index (κ2) is 11.6. The van der Waals surface area contributed by atoms with Gasteiger partial charge in [0.05, 0.1) is 5.69 Å². The highest BCUT2D eigenvalue weighted by Crippen LogP contribution is 2.36. The van der Waals surface area contributed by atoms with E-state index in [9.17, 15) is 23.1 Å². The van der Waals surface area contributed by atoms with Gasteiger partial charge in [0, 0.05) is 23.2 Å². The lowest BCUT2D eigenvalue weighted by atomic mass is 10.1. The summed E-state index contributed by atoms with van der Waals surface area (Å²) in [6, 6.07) is 11.3. The van der Waals surface area contributed by atoms with E-state index in [-0.39, 0.29) is 45.6 Å². The van der Waals surface area contributed by atoms with Crippen molar-refractivity contribution in [3.05, 3.63) is 59.3 Å². The lowest BCUT2D eigenvalue weighted by molar-refractivity contribution is -0.119. The summed E-state index contributed by atoms with van der Waals surface area (Å²) in [4.78, 5) is 24.4. The van der Waals surface area contributed by atoms with Crippen molar-refractivity contribution >= 4 is 27.6 Å². The van der Waals surface area contributed by atoms with Gasteiger partial charge in [0.15, 0.2) is 5.69 Å². The highest BCUT2D eigenvalue weighted by atomic mass is 32.2. The van der Waals surface area contributed by atoms with Crippen molar-refractivity contribution < 1.29 is 27.9 Å². The summed E-state index contributed by atoms with van der Waals surface area (Å²) in [6.45, 7) is 7.09. The number of aromatic carboxylic acids is 1. The Bertz CT molecular complexity index is 1470. The fraction of sp³-hybridized carbons (Fsp3) is 0.393. The Kier molecular flexibility index (Phi) is 8.41. The molecule has 208 valence electrons. The number of amides is 1. The number of nitrogens with one attached hydrogen (secondary N) is 2. The van der Waals surface area contributed by atoms with Crippen LogP contribution in [0.5, 0.6) is 11.6 Å². The van der Waals surface area contributed by atoms with Crippen molar-refractivity contribution in [3.8, 4) is 17.3 Å². The van der Waals surface area contributed by atoms with Gasteiger partial charge in [-0.2, -0.15) is 9.78 Å². The largest absolute Gasteiger partial charge is 0.476 e. The van der Waals surface area contributed by atoms with E-state index in [1.54, 1.807) is 32.0 Å². The summed E-state index contributed by atoms with van der Waals surface area (Å²) >= 11 is 0. The molecule has 39 heavy (non-hydrogen) atoms. The standard InChI is InChI=1S/C28H34N4O6S/c1-5-18(3)31-39(36,37)24-16-21(29-26(33)20-8-6-7-9-20)12-15-23(24)38-27-19(4)25(28(34)35)30-32(27)22-13-10-17(2)11-14-22/h10-16,18,20,31H,5-9H2,1-4H3,(H,29,33)(H,34,35)/t18-/m0/s1. The van der Waals surface area contributed by atoms with Gasteiger partial charge in [0.2, 0.25) is 21.8 Å². The van der Waals surface area contributed by atoms with E-state index in [1.807, 2.05) is 26.0 Å². The monoisotopic (exact) mass is 554 g/mol. The van der Waals surface area contributed by atoms with E-state index in [4.69, 9.17) is 4.74 Å². The van der Waals surface area contributed by atoms with Gasteiger partial charge in [-0.05, 0) is 70.4 Å². The highest BCUT2D eigenvalue weighted by Gasteiger charge is 2.28. The number of sulfonamides is 1. The predicted octanol–water partition coefficient (Wildman–Crippen LogP) is 5.19. The Balaban J connectivity index is 1.79. The lowest BCUT2D eigenvalue weighted by Gasteiger charge is -2.18. The number of carboxylic acid groups (broad SMARTS) is 1. The molecule has 3 aromatic rings. The Morgan fingerprint density at radius 3 is 2.41 bits per heavy atom. The van der Waals surface area contributed by atoms with Crippen LogP contribution in [0, 0.1) is 19.8 Å². The number of carbonyl (C=O) groups excluding carboxylic acids is 1. The van der Waals surface area contributed by atoms with Crippen LogP contribution in [0.4, 0.5) is 5.69 Å². The molecule has 3 N–H and O–H groups in total. The second-order valence-electron chi connectivity index (χ2n) is 10.00. The van der Waals surface area contributed by atoms with E-state index < -0.39 is 16.0 Å². The number of aromatic nitrogens is 2. The van der Waals surface area contributed by atoms with Crippen LogP contribution in [0.3, 0.4) is 0 Å². The van der Waals surface area contributed by atoms with Gasteiger partial charge in [-0.15, -0.1) is 0 Å². The molecule has 1 aromatic heterocycles. The second-order valence-corrected chi connectivity index (χ2v) is 11.7. The molecular formula is C28H34N4O6S. The van der Waals surface area contributed by atoms with Crippen LogP contribution in [-0.2, 0) is 14.8 Å². The first-order valence-electron chi connectivity index (χ1n) is 13.0. The molecule has 2 aromatic carbocycles. The summed E-state index contributed by atoms with van der Waals surface area (Å²) in [6.07, 6.45) is 4.17. The number of nitrogens with zero attached hydrogens (tertiary/aromatic N) is 2. The van der Waals surface area contributed by atoms with Gasteiger partial charge in [0.1, 0.15) is 10.6 Å². The molecule has 1 amide bonds. The molecule has 0 bridgehead atoms. The van der Waals surface area contributed by atoms with Crippen molar-refractivity contribution in [2.75, 3.05) is 5.32 Å². The van der Waals surface area contributed by atoms with E-state index in [1.165, 1.54) is 16.8 Å². The number of anilines is 1. The Morgan fingerprint density at radius 2 is 1.79 bits per heavy atom. The number of rotatable bonds is 10. The number of carboxylic acids is 1. The Hall–Kier alpha value is -3.70. The number of hydrogen-bond donors (Lipinski definition) is 3. The van der Waals surface area contributed by atoms with Crippen molar-refractivity contribution in [1.29, 1.82) is 0 Å². The topological polar surface area (TPSA) is 140 Å². The van der Waals surface area contributed by atoms with Gasteiger partial charge in [-0.25, -0.2) is 17.9 Å². The summed E-state index contributed by atoms with van der Waals surface area (Å²) in [5, 5.41) is 16.8. The molecule has 4 rings (SSSR count). The smallest absolute Gasteiger partial charge is 0.356 e. The minimum absolute atomic E-state index is 0.0297. The third kappa shape index (κ3) is 6.31. The van der Waals surface area contributed by atoms with Crippen molar-refractivity contribution in [2.45, 2.75) is 70.7 Å². The molecule has 0 saturated heterocycles. The number of benzene rings is 2. The van der Waals surface area contributed by atoms with E-state index in [0.717, 1.165) is 31.2 Å². The first-order chi connectivity index (χ1) is 18.5. The molecule has 0 unspecified atom stereocenters. The zero-order valence-corrected chi connectivity index (χ0v) is 23.3.